The van der Waals surface area contributed by atoms with Gasteiger partial charge in [-0.05, 0) is 48.3 Å². The van der Waals surface area contributed by atoms with Gasteiger partial charge in [-0.25, -0.2) is 13.2 Å². The molecule has 180 valence electrons. The quantitative estimate of drug-likeness (QED) is 0.212. The van der Waals surface area contributed by atoms with Gasteiger partial charge in [-0.2, -0.15) is 4.39 Å². The number of rotatable bonds is 8. The SMILES string of the molecule is C=C(/C=C/c1ccc(-c2ccc(C3CCC(C)CC3)c(F)c2F)cc1)/C(F)=C(/F)C(=C)OCC. The summed E-state index contributed by atoms with van der Waals surface area (Å²) < 4.78 is 62.8. The number of hydrogen-bond donors (Lipinski definition) is 0. The largest absolute Gasteiger partial charge is 0.491 e. The maximum atomic E-state index is 14.9. The highest BCUT2D eigenvalue weighted by Crippen LogP contribution is 2.38. The van der Waals surface area contributed by atoms with Crippen molar-refractivity contribution in [1.82, 2.24) is 0 Å². The highest BCUT2D eigenvalue weighted by Gasteiger charge is 2.25. The number of allylic oxidation sites excluding steroid dienone is 4. The Bertz CT molecular complexity index is 1100. The fourth-order valence-electron chi connectivity index (χ4n) is 4.22. The van der Waals surface area contributed by atoms with Crippen LogP contribution in [0.25, 0.3) is 17.2 Å². The summed E-state index contributed by atoms with van der Waals surface area (Å²) in [5.41, 5.74) is 1.66. The molecule has 0 atom stereocenters. The summed E-state index contributed by atoms with van der Waals surface area (Å²) >= 11 is 0. The van der Waals surface area contributed by atoms with Gasteiger partial charge in [-0.3, -0.25) is 0 Å². The van der Waals surface area contributed by atoms with Crippen molar-refractivity contribution in [3.63, 3.8) is 0 Å². The number of benzene rings is 2. The molecule has 0 heterocycles. The van der Waals surface area contributed by atoms with Gasteiger partial charge in [-0.15, -0.1) is 0 Å². The average molecular weight is 471 g/mol. The number of hydrogen-bond acceptors (Lipinski definition) is 1. The summed E-state index contributed by atoms with van der Waals surface area (Å²) in [6.07, 6.45) is 6.69. The van der Waals surface area contributed by atoms with Crippen LogP contribution < -0.4 is 0 Å². The lowest BCUT2D eigenvalue weighted by molar-refractivity contribution is 0.224. The second-order valence-electron chi connectivity index (χ2n) is 8.75. The lowest BCUT2D eigenvalue weighted by Crippen LogP contribution is -2.13. The second kappa shape index (κ2) is 11.4. The molecule has 2 aromatic rings. The lowest BCUT2D eigenvalue weighted by Gasteiger charge is -2.27. The van der Waals surface area contributed by atoms with Crippen molar-refractivity contribution in [2.45, 2.75) is 45.4 Å². The molecule has 3 rings (SSSR count). The Hall–Kier alpha value is -3.08. The monoisotopic (exact) mass is 470 g/mol. The summed E-state index contributed by atoms with van der Waals surface area (Å²) in [6.45, 7) is 10.9. The standard InChI is InChI=1S/C29H30F4O/c1-5-34-20(4)27(31)26(30)19(3)8-9-21-10-14-23(15-11-21)25-17-16-24(28(32)29(25)33)22-12-6-18(2)7-13-22/h8-11,14-18,22H,3-7,12-13H2,1-2H3/b9-8+,27-26-. The highest BCUT2D eigenvalue weighted by molar-refractivity contribution is 5.67. The van der Waals surface area contributed by atoms with E-state index in [0.717, 1.165) is 25.7 Å². The third kappa shape index (κ3) is 5.88. The Morgan fingerprint density at radius 3 is 2.21 bits per heavy atom. The van der Waals surface area contributed by atoms with E-state index in [4.69, 9.17) is 4.74 Å². The first-order chi connectivity index (χ1) is 16.2. The van der Waals surface area contributed by atoms with Crippen LogP contribution in [0.4, 0.5) is 17.6 Å². The Balaban J connectivity index is 1.74. The molecule has 0 saturated heterocycles. The van der Waals surface area contributed by atoms with Crippen LogP contribution in [0.5, 0.6) is 0 Å². The van der Waals surface area contributed by atoms with Crippen LogP contribution in [0.15, 0.2) is 78.6 Å². The zero-order valence-corrected chi connectivity index (χ0v) is 19.6. The minimum absolute atomic E-state index is 0.0605. The summed E-state index contributed by atoms with van der Waals surface area (Å²) in [6, 6.07) is 10.0. The van der Waals surface area contributed by atoms with Crippen molar-refractivity contribution in [3.05, 3.63) is 101 Å². The van der Waals surface area contributed by atoms with E-state index in [1.807, 2.05) is 0 Å². The molecule has 1 saturated carbocycles. The summed E-state index contributed by atoms with van der Waals surface area (Å²) in [5, 5.41) is 0. The summed E-state index contributed by atoms with van der Waals surface area (Å²) in [7, 11) is 0. The molecular weight excluding hydrogens is 440 g/mol. The zero-order valence-electron chi connectivity index (χ0n) is 19.6. The normalized spacial score (nSPS) is 19.1. The summed E-state index contributed by atoms with van der Waals surface area (Å²) in [4.78, 5) is 0. The lowest BCUT2D eigenvalue weighted by atomic mass is 9.79. The van der Waals surface area contributed by atoms with Crippen molar-refractivity contribution in [2.24, 2.45) is 5.92 Å². The van der Waals surface area contributed by atoms with Crippen LogP contribution in [0, 0.1) is 17.6 Å². The maximum absolute atomic E-state index is 14.9. The topological polar surface area (TPSA) is 9.23 Å². The van der Waals surface area contributed by atoms with Crippen molar-refractivity contribution < 1.29 is 22.3 Å². The highest BCUT2D eigenvalue weighted by atomic mass is 19.2. The predicted octanol–water partition coefficient (Wildman–Crippen LogP) is 9.20. The minimum atomic E-state index is -1.20. The fourth-order valence-corrected chi connectivity index (χ4v) is 4.22. The van der Waals surface area contributed by atoms with E-state index in [2.05, 4.69) is 20.1 Å². The molecule has 0 N–H and O–H groups in total. The van der Waals surface area contributed by atoms with Gasteiger partial charge in [0.2, 0.25) is 5.83 Å². The molecule has 0 amide bonds. The van der Waals surface area contributed by atoms with Gasteiger partial charge in [0.05, 0.1) is 6.61 Å². The van der Waals surface area contributed by atoms with Crippen LogP contribution in [-0.2, 0) is 4.74 Å². The number of halogens is 4. The smallest absolute Gasteiger partial charge is 0.200 e. The van der Waals surface area contributed by atoms with Crippen molar-refractivity contribution in [2.75, 3.05) is 6.61 Å². The van der Waals surface area contributed by atoms with E-state index in [-0.39, 0.29) is 23.7 Å². The van der Waals surface area contributed by atoms with Gasteiger partial charge < -0.3 is 4.74 Å². The van der Waals surface area contributed by atoms with Crippen LogP contribution in [-0.4, -0.2) is 6.61 Å². The van der Waals surface area contributed by atoms with Gasteiger partial charge in [0, 0.05) is 11.1 Å². The molecular formula is C29H30F4O. The maximum Gasteiger partial charge on any atom is 0.200 e. The van der Waals surface area contributed by atoms with Gasteiger partial charge in [0.1, 0.15) is 0 Å². The third-order valence-electron chi connectivity index (χ3n) is 6.30. The van der Waals surface area contributed by atoms with Gasteiger partial charge in [0.25, 0.3) is 0 Å². The van der Waals surface area contributed by atoms with Gasteiger partial charge in [0.15, 0.2) is 23.2 Å². The molecule has 1 aliphatic carbocycles. The summed E-state index contributed by atoms with van der Waals surface area (Å²) in [5.74, 6) is -3.66. The van der Waals surface area contributed by atoms with E-state index in [0.29, 0.717) is 22.6 Å². The molecule has 0 unspecified atom stereocenters. The predicted molar refractivity (Wildman–Crippen MR) is 130 cm³/mol. The third-order valence-corrected chi connectivity index (χ3v) is 6.30. The number of ether oxygens (including phenoxy) is 1. The van der Waals surface area contributed by atoms with Crippen LogP contribution in [0.3, 0.4) is 0 Å². The van der Waals surface area contributed by atoms with Crippen molar-refractivity contribution in [3.8, 4) is 11.1 Å². The van der Waals surface area contributed by atoms with Crippen molar-refractivity contribution in [1.29, 1.82) is 0 Å². The fraction of sp³-hybridized carbons (Fsp3) is 0.310. The molecule has 34 heavy (non-hydrogen) atoms. The molecule has 2 aromatic carbocycles. The Kier molecular flexibility index (Phi) is 8.54. The van der Waals surface area contributed by atoms with Crippen LogP contribution in [0.1, 0.15) is 56.6 Å². The van der Waals surface area contributed by atoms with E-state index in [1.165, 1.54) is 6.08 Å². The molecule has 1 nitrogen and oxygen atoms in total. The van der Waals surface area contributed by atoms with E-state index in [1.54, 1.807) is 49.4 Å². The molecule has 0 aliphatic heterocycles. The molecule has 5 heteroatoms. The molecule has 0 bridgehead atoms. The second-order valence-corrected chi connectivity index (χ2v) is 8.75. The first kappa shape index (κ1) is 25.5. The first-order valence-electron chi connectivity index (χ1n) is 11.6. The van der Waals surface area contributed by atoms with E-state index < -0.39 is 29.0 Å². The van der Waals surface area contributed by atoms with Crippen LogP contribution in [0.2, 0.25) is 0 Å². The first-order valence-corrected chi connectivity index (χ1v) is 11.6. The van der Waals surface area contributed by atoms with E-state index in [9.17, 15) is 17.6 Å². The van der Waals surface area contributed by atoms with Crippen molar-refractivity contribution >= 4 is 6.08 Å². The molecule has 0 aromatic heterocycles. The zero-order chi connectivity index (χ0) is 24.8. The molecule has 1 aliphatic rings. The Labute approximate surface area is 199 Å². The Morgan fingerprint density at radius 2 is 1.59 bits per heavy atom. The van der Waals surface area contributed by atoms with Crippen LogP contribution >= 0.6 is 0 Å². The van der Waals surface area contributed by atoms with Gasteiger partial charge in [-0.1, -0.05) is 81.5 Å². The molecule has 1 fully saturated rings. The molecule has 0 spiro atoms. The minimum Gasteiger partial charge on any atom is -0.491 e. The Morgan fingerprint density at radius 1 is 0.941 bits per heavy atom. The molecule has 0 radical (unpaired) electrons. The van der Waals surface area contributed by atoms with E-state index >= 15 is 0 Å². The van der Waals surface area contributed by atoms with Gasteiger partial charge >= 0.3 is 0 Å². The average Bonchev–Trinajstić information content (AvgIpc) is 2.84.